The summed E-state index contributed by atoms with van der Waals surface area (Å²) in [5, 5.41) is 0. The highest BCUT2D eigenvalue weighted by molar-refractivity contribution is 5.92. The molecule has 0 heterocycles. The van der Waals surface area contributed by atoms with Gasteiger partial charge in [0.25, 0.3) is 0 Å². The number of rotatable bonds is 8. The number of benzene rings is 2. The van der Waals surface area contributed by atoms with Gasteiger partial charge in [0.05, 0.1) is 14.2 Å². The van der Waals surface area contributed by atoms with Gasteiger partial charge >= 0.3 is 0 Å². The van der Waals surface area contributed by atoms with E-state index in [-0.39, 0.29) is 11.9 Å². The van der Waals surface area contributed by atoms with Crippen LogP contribution in [0.2, 0.25) is 0 Å². The third kappa shape index (κ3) is 4.91. The minimum Gasteiger partial charge on any atom is -0.497 e. The predicted molar refractivity (Wildman–Crippen MR) is 108 cm³/mol. The summed E-state index contributed by atoms with van der Waals surface area (Å²) in [7, 11) is 3.24. The van der Waals surface area contributed by atoms with Crippen LogP contribution in [0.15, 0.2) is 54.6 Å². The fourth-order valence-corrected chi connectivity index (χ4v) is 3.25. The fraction of sp³-hybridized carbons (Fsp3) is 0.348. The maximum Gasteiger partial charge on any atom is 0.247 e. The zero-order chi connectivity index (χ0) is 19.2. The molecule has 1 aliphatic rings. The van der Waals surface area contributed by atoms with Crippen LogP contribution in [0, 0.1) is 5.92 Å². The Kier molecular flexibility index (Phi) is 6.17. The molecule has 0 saturated heterocycles. The third-order valence-corrected chi connectivity index (χ3v) is 5.12. The molecule has 142 valence electrons. The van der Waals surface area contributed by atoms with E-state index >= 15 is 0 Å². The molecule has 1 atom stereocenters. The Morgan fingerprint density at radius 3 is 2.52 bits per heavy atom. The van der Waals surface area contributed by atoms with E-state index in [1.807, 2.05) is 47.4 Å². The Morgan fingerprint density at radius 2 is 1.89 bits per heavy atom. The summed E-state index contributed by atoms with van der Waals surface area (Å²) in [6.45, 7) is 2.78. The Hall–Kier alpha value is -2.75. The molecular formula is C23H27NO3. The Balaban J connectivity index is 1.78. The van der Waals surface area contributed by atoms with Crippen molar-refractivity contribution in [1.82, 2.24) is 4.90 Å². The van der Waals surface area contributed by atoms with E-state index in [2.05, 4.69) is 19.1 Å². The monoisotopic (exact) mass is 365 g/mol. The van der Waals surface area contributed by atoms with Crippen LogP contribution in [0.3, 0.4) is 0 Å². The predicted octanol–water partition coefficient (Wildman–Crippen LogP) is 4.54. The van der Waals surface area contributed by atoms with E-state index in [1.54, 1.807) is 20.3 Å². The lowest BCUT2D eigenvalue weighted by atomic mass is 10.1. The molecule has 1 fully saturated rings. The van der Waals surface area contributed by atoms with Gasteiger partial charge in [-0.25, -0.2) is 0 Å². The average Bonchev–Trinajstić information content (AvgIpc) is 3.55. The molecule has 3 rings (SSSR count). The van der Waals surface area contributed by atoms with E-state index in [0.29, 0.717) is 18.2 Å². The summed E-state index contributed by atoms with van der Waals surface area (Å²) >= 11 is 0. The number of hydrogen-bond acceptors (Lipinski definition) is 3. The molecule has 0 N–H and O–H groups in total. The van der Waals surface area contributed by atoms with Crippen molar-refractivity contribution in [2.24, 2.45) is 5.92 Å². The maximum atomic E-state index is 13.0. The van der Waals surface area contributed by atoms with Crippen LogP contribution in [0.25, 0.3) is 6.08 Å². The summed E-state index contributed by atoms with van der Waals surface area (Å²) in [5.74, 6) is 2.05. The lowest BCUT2D eigenvalue weighted by molar-refractivity contribution is -0.129. The highest BCUT2D eigenvalue weighted by Crippen LogP contribution is 2.36. The number of nitrogens with zero attached hydrogens (tertiary/aromatic N) is 1. The molecule has 2 aromatic rings. The first-order chi connectivity index (χ1) is 13.1. The van der Waals surface area contributed by atoms with Crippen LogP contribution in [0.5, 0.6) is 11.5 Å². The highest BCUT2D eigenvalue weighted by atomic mass is 16.5. The standard InChI is InChI=1S/C23H27NO3/c1-17(19-9-10-19)24(16-18-7-5-4-6-8-18)23(25)14-12-20-11-13-21(26-2)15-22(20)27-3/h4-8,11-15,17,19H,9-10,16H2,1-3H3. The van der Waals surface area contributed by atoms with Crippen molar-refractivity contribution in [3.63, 3.8) is 0 Å². The van der Waals surface area contributed by atoms with Gasteiger partial charge < -0.3 is 14.4 Å². The molecule has 0 aliphatic heterocycles. The number of carbonyl (C=O) groups excluding carboxylic acids is 1. The van der Waals surface area contributed by atoms with Crippen LogP contribution in [0.4, 0.5) is 0 Å². The second-order valence-corrected chi connectivity index (χ2v) is 6.97. The fourth-order valence-electron chi connectivity index (χ4n) is 3.25. The molecule has 1 aliphatic carbocycles. The summed E-state index contributed by atoms with van der Waals surface area (Å²) < 4.78 is 10.6. The molecule has 4 nitrogen and oxygen atoms in total. The minimum absolute atomic E-state index is 0.0242. The zero-order valence-corrected chi connectivity index (χ0v) is 16.2. The minimum atomic E-state index is 0.0242. The smallest absolute Gasteiger partial charge is 0.247 e. The Labute approximate surface area is 161 Å². The summed E-state index contributed by atoms with van der Waals surface area (Å²) in [6, 6.07) is 16.0. The van der Waals surface area contributed by atoms with Crippen LogP contribution >= 0.6 is 0 Å². The first-order valence-electron chi connectivity index (χ1n) is 9.37. The number of amides is 1. The van der Waals surface area contributed by atoms with Crippen LogP contribution in [-0.4, -0.2) is 31.1 Å². The summed E-state index contributed by atoms with van der Waals surface area (Å²) in [5.41, 5.74) is 2.00. The molecule has 0 bridgehead atoms. The van der Waals surface area contributed by atoms with Gasteiger partial charge in [-0.15, -0.1) is 0 Å². The number of carbonyl (C=O) groups is 1. The van der Waals surface area contributed by atoms with Crippen molar-refractivity contribution in [2.75, 3.05) is 14.2 Å². The molecule has 0 aromatic heterocycles. The lowest BCUT2D eigenvalue weighted by Crippen LogP contribution is -2.38. The summed E-state index contributed by atoms with van der Waals surface area (Å²) in [6.07, 6.45) is 5.87. The molecule has 0 spiro atoms. The van der Waals surface area contributed by atoms with Crippen molar-refractivity contribution in [1.29, 1.82) is 0 Å². The normalized spacial score (nSPS) is 14.8. The second kappa shape index (κ2) is 8.76. The highest BCUT2D eigenvalue weighted by Gasteiger charge is 2.33. The first kappa shape index (κ1) is 19.0. The average molecular weight is 365 g/mol. The van der Waals surface area contributed by atoms with Gasteiger partial charge in [0, 0.05) is 30.3 Å². The quantitative estimate of drug-likeness (QED) is 0.645. The largest absolute Gasteiger partial charge is 0.497 e. The van der Waals surface area contributed by atoms with E-state index in [0.717, 1.165) is 16.9 Å². The topological polar surface area (TPSA) is 38.8 Å². The number of hydrogen-bond donors (Lipinski definition) is 0. The zero-order valence-electron chi connectivity index (χ0n) is 16.2. The Bertz CT molecular complexity index is 797. The van der Waals surface area contributed by atoms with Gasteiger partial charge in [0.2, 0.25) is 5.91 Å². The van der Waals surface area contributed by atoms with E-state index in [9.17, 15) is 4.79 Å². The van der Waals surface area contributed by atoms with Gasteiger partial charge in [0.1, 0.15) is 11.5 Å². The summed E-state index contributed by atoms with van der Waals surface area (Å²) in [4.78, 5) is 15.0. The van der Waals surface area contributed by atoms with Gasteiger partial charge in [-0.3, -0.25) is 4.79 Å². The van der Waals surface area contributed by atoms with Gasteiger partial charge in [-0.05, 0) is 49.5 Å². The molecule has 27 heavy (non-hydrogen) atoms. The van der Waals surface area contributed by atoms with Crippen molar-refractivity contribution < 1.29 is 14.3 Å². The van der Waals surface area contributed by atoms with Crippen LogP contribution in [0.1, 0.15) is 30.9 Å². The van der Waals surface area contributed by atoms with E-state index in [1.165, 1.54) is 12.8 Å². The van der Waals surface area contributed by atoms with Gasteiger partial charge in [-0.2, -0.15) is 0 Å². The molecule has 1 amide bonds. The molecule has 1 saturated carbocycles. The number of ether oxygens (including phenoxy) is 2. The maximum absolute atomic E-state index is 13.0. The SMILES string of the molecule is COc1ccc(C=CC(=O)N(Cc2ccccc2)C(C)C2CC2)c(OC)c1. The molecule has 4 heteroatoms. The van der Waals surface area contributed by atoms with Crippen LogP contribution < -0.4 is 9.47 Å². The Morgan fingerprint density at radius 1 is 1.15 bits per heavy atom. The molecule has 0 radical (unpaired) electrons. The van der Waals surface area contributed by atoms with Crippen molar-refractivity contribution in [3.05, 3.63) is 65.7 Å². The molecular weight excluding hydrogens is 338 g/mol. The first-order valence-corrected chi connectivity index (χ1v) is 9.37. The van der Waals surface area contributed by atoms with E-state index < -0.39 is 0 Å². The van der Waals surface area contributed by atoms with E-state index in [4.69, 9.17) is 9.47 Å². The molecule has 2 aromatic carbocycles. The number of methoxy groups -OCH3 is 2. The van der Waals surface area contributed by atoms with Crippen molar-refractivity contribution in [2.45, 2.75) is 32.4 Å². The van der Waals surface area contributed by atoms with Crippen molar-refractivity contribution in [3.8, 4) is 11.5 Å². The van der Waals surface area contributed by atoms with Crippen LogP contribution in [-0.2, 0) is 11.3 Å². The van der Waals surface area contributed by atoms with Gasteiger partial charge in [-0.1, -0.05) is 30.3 Å². The second-order valence-electron chi connectivity index (χ2n) is 6.97. The van der Waals surface area contributed by atoms with Gasteiger partial charge in [0.15, 0.2) is 0 Å². The van der Waals surface area contributed by atoms with Crippen molar-refractivity contribution >= 4 is 12.0 Å². The lowest BCUT2D eigenvalue weighted by Gasteiger charge is -2.28. The third-order valence-electron chi connectivity index (χ3n) is 5.12. The molecule has 1 unspecified atom stereocenters.